The van der Waals surface area contributed by atoms with E-state index in [2.05, 4.69) is 9.97 Å². The van der Waals surface area contributed by atoms with Crippen molar-refractivity contribution in [2.75, 3.05) is 6.61 Å². The second-order valence-corrected chi connectivity index (χ2v) is 5.28. The summed E-state index contributed by atoms with van der Waals surface area (Å²) in [6.07, 6.45) is -0.383. The monoisotopic (exact) mass is 281 g/mol. The summed E-state index contributed by atoms with van der Waals surface area (Å²) >= 11 is 1.30. The van der Waals surface area contributed by atoms with Gasteiger partial charge in [0.2, 0.25) is 0 Å². The maximum absolute atomic E-state index is 11.7. The van der Waals surface area contributed by atoms with Crippen molar-refractivity contribution in [2.24, 2.45) is 0 Å². The highest BCUT2D eigenvalue weighted by molar-refractivity contribution is 7.19. The highest BCUT2D eigenvalue weighted by Gasteiger charge is 2.29. The summed E-state index contributed by atoms with van der Waals surface area (Å²) in [5.74, 6) is 0. The van der Waals surface area contributed by atoms with Gasteiger partial charge in [-0.15, -0.1) is 11.3 Å². The fourth-order valence-corrected chi connectivity index (χ4v) is 3.34. The Kier molecular flexibility index (Phi) is 2.67. The van der Waals surface area contributed by atoms with Gasteiger partial charge in [0.1, 0.15) is 4.70 Å². The Balaban J connectivity index is 2.04. The predicted molar refractivity (Wildman–Crippen MR) is 69.3 cm³/mol. The Bertz CT molecular complexity index is 772. The maximum atomic E-state index is 11.7. The van der Waals surface area contributed by atoms with Crippen LogP contribution in [-0.4, -0.2) is 27.6 Å². The second-order valence-electron chi connectivity index (χ2n) is 4.17. The van der Waals surface area contributed by atoms with Gasteiger partial charge >= 0.3 is 11.8 Å². The largest absolute Gasteiger partial charge is 0.450 e. The van der Waals surface area contributed by atoms with Crippen LogP contribution >= 0.6 is 11.3 Å². The molecule has 0 atom stereocenters. The number of amides is 1. The van der Waals surface area contributed by atoms with E-state index in [0.717, 1.165) is 10.4 Å². The molecule has 0 bridgehead atoms. The molecule has 3 rings (SSSR count). The molecule has 0 fully saturated rings. The zero-order chi connectivity index (χ0) is 13.6. The fraction of sp³-hybridized carbons (Fsp3) is 0.364. The van der Waals surface area contributed by atoms with Crippen molar-refractivity contribution in [1.29, 1.82) is 0 Å². The number of thiophene rings is 1. The van der Waals surface area contributed by atoms with E-state index >= 15 is 0 Å². The van der Waals surface area contributed by atoms with Crippen LogP contribution in [0.1, 0.15) is 17.4 Å². The average Bonchev–Trinajstić information content (AvgIpc) is 2.88. The molecule has 2 aromatic heterocycles. The molecule has 1 aliphatic heterocycles. The van der Waals surface area contributed by atoms with Gasteiger partial charge in [-0.1, -0.05) is 0 Å². The molecule has 0 aromatic carbocycles. The number of rotatable bonds is 1. The Hall–Kier alpha value is -2.09. The van der Waals surface area contributed by atoms with Gasteiger partial charge < -0.3 is 9.72 Å². The molecule has 1 aliphatic rings. The Morgan fingerprint density at radius 1 is 1.37 bits per heavy atom. The molecular formula is C11H11N3O4S. The topological polar surface area (TPSA) is 95.3 Å². The molecule has 0 aliphatic carbocycles. The van der Waals surface area contributed by atoms with Crippen molar-refractivity contribution >= 4 is 27.6 Å². The minimum Gasteiger partial charge on any atom is -0.450 e. The Morgan fingerprint density at radius 2 is 2.16 bits per heavy atom. The molecule has 19 heavy (non-hydrogen) atoms. The van der Waals surface area contributed by atoms with Gasteiger partial charge in [0.25, 0.3) is 5.56 Å². The summed E-state index contributed by atoms with van der Waals surface area (Å²) in [6, 6.07) is 0. The van der Waals surface area contributed by atoms with Gasteiger partial charge in [0.15, 0.2) is 0 Å². The lowest BCUT2D eigenvalue weighted by Crippen LogP contribution is -2.26. The van der Waals surface area contributed by atoms with E-state index in [9.17, 15) is 14.4 Å². The van der Waals surface area contributed by atoms with Crippen LogP contribution in [0.5, 0.6) is 0 Å². The van der Waals surface area contributed by atoms with E-state index in [1.54, 1.807) is 11.8 Å². The van der Waals surface area contributed by atoms with Gasteiger partial charge in [0, 0.05) is 10.4 Å². The lowest BCUT2D eigenvalue weighted by Gasteiger charge is -2.14. The van der Waals surface area contributed by atoms with Gasteiger partial charge in [-0.2, -0.15) is 0 Å². The van der Waals surface area contributed by atoms with Gasteiger partial charge in [-0.3, -0.25) is 14.7 Å². The van der Waals surface area contributed by atoms with Crippen LogP contribution < -0.4 is 11.2 Å². The number of carbonyl (C=O) groups is 1. The summed E-state index contributed by atoms with van der Waals surface area (Å²) < 4.78 is 5.43. The normalized spacial score (nSPS) is 13.8. The van der Waals surface area contributed by atoms with Gasteiger partial charge in [-0.05, 0) is 6.92 Å². The smallest absolute Gasteiger partial charge is 0.410 e. The van der Waals surface area contributed by atoms with E-state index in [1.165, 1.54) is 11.3 Å². The Morgan fingerprint density at radius 3 is 2.89 bits per heavy atom. The maximum Gasteiger partial charge on any atom is 0.410 e. The quantitative estimate of drug-likeness (QED) is 0.806. The molecule has 0 saturated carbocycles. The first-order chi connectivity index (χ1) is 9.10. The van der Waals surface area contributed by atoms with Crippen molar-refractivity contribution < 1.29 is 9.53 Å². The van der Waals surface area contributed by atoms with E-state index in [4.69, 9.17) is 4.74 Å². The molecule has 2 aromatic rings. The standard InChI is InChI=1S/C11H11N3O4S/c1-2-18-11(17)14-3-5-6(4-14)19-8-7(5)12-10(16)13-9(8)15/h2-4H2,1H3,(H2,12,13,15,16). The molecule has 0 saturated heterocycles. The molecule has 0 radical (unpaired) electrons. The van der Waals surface area contributed by atoms with Crippen molar-refractivity contribution in [1.82, 2.24) is 14.9 Å². The number of hydrogen-bond donors (Lipinski definition) is 2. The molecule has 0 spiro atoms. The van der Waals surface area contributed by atoms with Crippen LogP contribution in [0.25, 0.3) is 10.2 Å². The first kappa shape index (κ1) is 12.0. The average molecular weight is 281 g/mol. The summed E-state index contributed by atoms with van der Waals surface area (Å²) in [4.78, 5) is 41.9. The third-order valence-electron chi connectivity index (χ3n) is 2.97. The van der Waals surface area contributed by atoms with E-state index in [-0.39, 0.29) is 11.7 Å². The van der Waals surface area contributed by atoms with E-state index in [0.29, 0.717) is 29.9 Å². The van der Waals surface area contributed by atoms with Crippen LogP contribution in [-0.2, 0) is 17.8 Å². The molecule has 100 valence electrons. The van der Waals surface area contributed by atoms with Crippen molar-refractivity contribution in [3.05, 3.63) is 31.3 Å². The van der Waals surface area contributed by atoms with Crippen LogP contribution in [0.2, 0.25) is 0 Å². The lowest BCUT2D eigenvalue weighted by atomic mass is 10.2. The first-order valence-corrected chi connectivity index (χ1v) is 6.60. The molecule has 0 unspecified atom stereocenters. The third-order valence-corrected chi connectivity index (χ3v) is 4.19. The molecular weight excluding hydrogens is 270 g/mol. The second kappa shape index (κ2) is 4.23. The van der Waals surface area contributed by atoms with Crippen molar-refractivity contribution in [3.63, 3.8) is 0 Å². The minimum atomic E-state index is -0.535. The molecule has 2 N–H and O–H groups in total. The first-order valence-electron chi connectivity index (χ1n) is 5.78. The van der Waals surface area contributed by atoms with Gasteiger partial charge in [0.05, 0.1) is 25.2 Å². The number of H-pyrrole nitrogens is 2. The number of ether oxygens (including phenoxy) is 1. The highest BCUT2D eigenvalue weighted by Crippen LogP contribution is 2.34. The number of aromatic amines is 2. The van der Waals surface area contributed by atoms with Gasteiger partial charge in [-0.25, -0.2) is 9.59 Å². The summed E-state index contributed by atoms with van der Waals surface area (Å²) in [5.41, 5.74) is 0.435. The number of hydrogen-bond acceptors (Lipinski definition) is 5. The fourth-order valence-electron chi connectivity index (χ4n) is 2.17. The van der Waals surface area contributed by atoms with E-state index < -0.39 is 5.69 Å². The minimum absolute atomic E-state index is 0.320. The highest BCUT2D eigenvalue weighted by atomic mass is 32.1. The number of fused-ring (bicyclic) bond motifs is 3. The van der Waals surface area contributed by atoms with Crippen molar-refractivity contribution in [2.45, 2.75) is 20.0 Å². The number of carbonyl (C=O) groups excluding carboxylic acids is 1. The SMILES string of the molecule is CCOC(=O)N1Cc2sc3c(=O)[nH]c(=O)[nH]c3c2C1. The Labute approximate surface area is 110 Å². The molecule has 1 amide bonds. The third kappa shape index (κ3) is 1.84. The van der Waals surface area contributed by atoms with Crippen LogP contribution in [0.3, 0.4) is 0 Å². The summed E-state index contributed by atoms with van der Waals surface area (Å²) in [5, 5.41) is 0. The van der Waals surface area contributed by atoms with Crippen molar-refractivity contribution in [3.8, 4) is 0 Å². The van der Waals surface area contributed by atoms with Crippen LogP contribution in [0.15, 0.2) is 9.59 Å². The number of nitrogens with zero attached hydrogens (tertiary/aromatic N) is 1. The van der Waals surface area contributed by atoms with E-state index in [1.807, 2.05) is 0 Å². The zero-order valence-electron chi connectivity index (χ0n) is 10.1. The number of nitrogens with one attached hydrogen (secondary N) is 2. The molecule has 8 heteroatoms. The lowest BCUT2D eigenvalue weighted by molar-refractivity contribution is 0.107. The zero-order valence-corrected chi connectivity index (χ0v) is 10.9. The molecule has 7 nitrogen and oxygen atoms in total. The number of aromatic nitrogens is 2. The summed E-state index contributed by atoms with van der Waals surface area (Å²) in [7, 11) is 0. The summed E-state index contributed by atoms with van der Waals surface area (Å²) in [6.45, 7) is 2.83. The van der Waals surface area contributed by atoms with Crippen LogP contribution in [0.4, 0.5) is 4.79 Å². The van der Waals surface area contributed by atoms with Crippen LogP contribution in [0, 0.1) is 0 Å². The molecule has 3 heterocycles. The predicted octanol–water partition coefficient (Wildman–Crippen LogP) is 0.750.